The van der Waals surface area contributed by atoms with Gasteiger partial charge in [0.25, 0.3) is 0 Å². The lowest BCUT2D eigenvalue weighted by molar-refractivity contribution is 0.0772. The van der Waals surface area contributed by atoms with Gasteiger partial charge in [-0.25, -0.2) is 9.40 Å². The van der Waals surface area contributed by atoms with Crippen LogP contribution in [0.25, 0.3) is 0 Å². The third kappa shape index (κ3) is 1.45. The molecule has 0 aliphatic carbocycles. The van der Waals surface area contributed by atoms with Gasteiger partial charge in [0.1, 0.15) is 24.2 Å². The molecule has 0 radical (unpaired) electrons. The molecule has 0 amide bonds. The minimum Gasteiger partial charge on any atom is -0.375 e. The number of aliphatic hydroxyl groups excluding tert-OH is 1. The number of allylic oxidation sites excluding steroid dienone is 1. The molecule has 0 aromatic rings. The SMILES string of the molecule is OCN1C=C2NC(CF)=CC(=S)N2N1. The molecule has 0 unspecified atom stereocenters. The summed E-state index contributed by atoms with van der Waals surface area (Å²) in [6, 6.07) is 0. The Bertz CT molecular complexity index is 330. The van der Waals surface area contributed by atoms with E-state index < -0.39 is 6.67 Å². The molecule has 0 saturated heterocycles. The van der Waals surface area contributed by atoms with Crippen molar-refractivity contribution in [1.29, 1.82) is 0 Å². The number of aliphatic hydroxyl groups is 1. The molecule has 0 atom stereocenters. The smallest absolute Gasteiger partial charge is 0.145 e. The first-order chi connectivity index (χ1) is 6.74. The molecule has 0 spiro atoms. The van der Waals surface area contributed by atoms with Crippen molar-refractivity contribution in [2.75, 3.05) is 13.4 Å². The van der Waals surface area contributed by atoms with Crippen molar-refractivity contribution in [2.45, 2.75) is 0 Å². The van der Waals surface area contributed by atoms with E-state index in [4.69, 9.17) is 17.3 Å². The summed E-state index contributed by atoms with van der Waals surface area (Å²) in [7, 11) is 0. The highest BCUT2D eigenvalue weighted by atomic mass is 32.1. The zero-order chi connectivity index (χ0) is 10.1. The van der Waals surface area contributed by atoms with Gasteiger partial charge in [0.05, 0.1) is 11.9 Å². The number of nitrogens with one attached hydrogen (secondary N) is 2. The summed E-state index contributed by atoms with van der Waals surface area (Å²) in [6.07, 6.45) is 3.13. The van der Waals surface area contributed by atoms with Crippen LogP contribution in [-0.4, -0.2) is 33.5 Å². The number of hydrazine groups is 2. The van der Waals surface area contributed by atoms with E-state index in [1.807, 2.05) is 0 Å². The third-order valence-corrected chi connectivity index (χ3v) is 2.15. The largest absolute Gasteiger partial charge is 0.375 e. The maximum atomic E-state index is 12.4. The van der Waals surface area contributed by atoms with Gasteiger partial charge in [0.15, 0.2) is 0 Å². The summed E-state index contributed by atoms with van der Waals surface area (Å²) in [5.74, 6) is 0.610. The van der Waals surface area contributed by atoms with E-state index in [0.29, 0.717) is 16.5 Å². The van der Waals surface area contributed by atoms with Crippen LogP contribution in [0.5, 0.6) is 0 Å². The van der Waals surface area contributed by atoms with E-state index in [1.54, 1.807) is 11.2 Å². The molecule has 0 saturated carbocycles. The molecule has 76 valence electrons. The molecule has 14 heavy (non-hydrogen) atoms. The molecule has 2 rings (SSSR count). The second kappa shape index (κ2) is 3.52. The predicted octanol–water partition coefficient (Wildman–Crippen LogP) is -0.444. The molecule has 2 heterocycles. The van der Waals surface area contributed by atoms with Crippen molar-refractivity contribution in [3.63, 3.8) is 0 Å². The average molecular weight is 216 g/mol. The van der Waals surface area contributed by atoms with Crippen molar-refractivity contribution in [3.8, 4) is 0 Å². The third-order valence-electron chi connectivity index (χ3n) is 1.85. The Morgan fingerprint density at radius 2 is 2.36 bits per heavy atom. The quantitative estimate of drug-likeness (QED) is 0.544. The summed E-state index contributed by atoms with van der Waals surface area (Å²) in [6.45, 7) is -0.778. The minimum absolute atomic E-state index is 0.185. The second-order valence-corrected chi connectivity index (χ2v) is 3.25. The second-order valence-electron chi connectivity index (χ2n) is 2.83. The van der Waals surface area contributed by atoms with E-state index in [2.05, 4.69) is 10.9 Å². The number of rotatable bonds is 2. The van der Waals surface area contributed by atoms with Crippen LogP contribution >= 0.6 is 12.2 Å². The predicted molar refractivity (Wildman–Crippen MR) is 51.8 cm³/mol. The fourth-order valence-electron chi connectivity index (χ4n) is 1.23. The molecule has 2 aliphatic rings. The summed E-state index contributed by atoms with van der Waals surface area (Å²) < 4.78 is 12.4. The first-order valence-electron chi connectivity index (χ1n) is 3.98. The Labute approximate surface area is 85.4 Å². The standard InChI is InChI=1S/C7H9FN4OS/c8-2-5-1-7(14)12-6(9-5)3-11(4-13)10-12/h1,3,9-10,13H,2,4H2. The molecule has 0 bridgehead atoms. The zero-order valence-corrected chi connectivity index (χ0v) is 8.01. The van der Waals surface area contributed by atoms with Crippen molar-refractivity contribution in [3.05, 3.63) is 23.8 Å². The number of hydrogen-bond donors (Lipinski definition) is 3. The Balaban J connectivity index is 2.21. The van der Waals surface area contributed by atoms with Gasteiger partial charge in [-0.3, -0.25) is 5.01 Å². The monoisotopic (exact) mass is 216 g/mol. The van der Waals surface area contributed by atoms with E-state index in [-0.39, 0.29) is 6.73 Å². The van der Waals surface area contributed by atoms with Crippen LogP contribution in [0.3, 0.4) is 0 Å². The summed E-state index contributed by atoms with van der Waals surface area (Å²) in [5, 5.41) is 14.6. The lowest BCUT2D eigenvalue weighted by Gasteiger charge is -2.27. The van der Waals surface area contributed by atoms with Crippen molar-refractivity contribution < 1.29 is 9.50 Å². The highest BCUT2D eigenvalue weighted by Gasteiger charge is 2.26. The van der Waals surface area contributed by atoms with Gasteiger partial charge in [-0.05, 0) is 6.08 Å². The van der Waals surface area contributed by atoms with Crippen molar-refractivity contribution in [1.82, 2.24) is 20.9 Å². The lowest BCUT2D eigenvalue weighted by Crippen LogP contribution is -2.47. The van der Waals surface area contributed by atoms with Crippen LogP contribution in [0.15, 0.2) is 23.8 Å². The number of thiocarbonyl (C=S) groups is 1. The fraction of sp³-hybridized carbons (Fsp3) is 0.286. The van der Waals surface area contributed by atoms with Crippen molar-refractivity contribution >= 4 is 17.2 Å². The molecular formula is C7H9FN4OS. The van der Waals surface area contributed by atoms with Gasteiger partial charge in [0.2, 0.25) is 0 Å². The molecule has 5 nitrogen and oxygen atoms in total. The Morgan fingerprint density at radius 1 is 1.57 bits per heavy atom. The Hall–Kier alpha value is -1.18. The van der Waals surface area contributed by atoms with Crippen LogP contribution in [0.4, 0.5) is 4.39 Å². The minimum atomic E-state index is -0.593. The van der Waals surface area contributed by atoms with E-state index >= 15 is 0 Å². The summed E-state index contributed by atoms with van der Waals surface area (Å²) in [5.41, 5.74) is 3.21. The number of halogens is 1. The highest BCUT2D eigenvalue weighted by Crippen LogP contribution is 2.16. The van der Waals surface area contributed by atoms with E-state index in [0.717, 1.165) is 0 Å². The number of hydrogen-bond acceptors (Lipinski definition) is 5. The normalized spacial score (nSPS) is 20.3. The molecule has 0 aromatic carbocycles. The number of alkyl halides is 1. The van der Waals surface area contributed by atoms with Gasteiger partial charge in [0, 0.05) is 0 Å². The van der Waals surface area contributed by atoms with Gasteiger partial charge in [-0.1, -0.05) is 12.2 Å². The summed E-state index contributed by atoms with van der Waals surface area (Å²) >= 11 is 5.02. The van der Waals surface area contributed by atoms with Crippen LogP contribution < -0.4 is 10.9 Å². The van der Waals surface area contributed by atoms with Gasteiger partial charge in [-0.2, -0.15) is 0 Å². The Kier molecular flexibility index (Phi) is 2.36. The first kappa shape index (κ1) is 9.38. The zero-order valence-electron chi connectivity index (χ0n) is 7.20. The van der Waals surface area contributed by atoms with Crippen LogP contribution in [-0.2, 0) is 0 Å². The molecule has 2 aliphatic heterocycles. The van der Waals surface area contributed by atoms with E-state index in [1.165, 1.54) is 11.1 Å². The molecule has 3 N–H and O–H groups in total. The fourth-order valence-corrected chi connectivity index (χ4v) is 1.51. The van der Waals surface area contributed by atoms with Gasteiger partial charge in [-0.15, -0.1) is 5.53 Å². The topological polar surface area (TPSA) is 50.8 Å². The van der Waals surface area contributed by atoms with Gasteiger partial charge >= 0.3 is 0 Å². The van der Waals surface area contributed by atoms with E-state index in [9.17, 15) is 4.39 Å². The first-order valence-corrected chi connectivity index (χ1v) is 4.38. The highest BCUT2D eigenvalue weighted by molar-refractivity contribution is 7.80. The summed E-state index contributed by atoms with van der Waals surface area (Å²) in [4.78, 5) is 0.457. The van der Waals surface area contributed by atoms with Crippen LogP contribution in [0.2, 0.25) is 0 Å². The molecular weight excluding hydrogens is 207 g/mol. The maximum absolute atomic E-state index is 12.4. The van der Waals surface area contributed by atoms with Crippen molar-refractivity contribution in [2.24, 2.45) is 0 Å². The maximum Gasteiger partial charge on any atom is 0.145 e. The Morgan fingerprint density at radius 3 is 3.00 bits per heavy atom. The van der Waals surface area contributed by atoms with Crippen LogP contribution in [0, 0.1) is 0 Å². The van der Waals surface area contributed by atoms with Gasteiger partial charge < -0.3 is 10.4 Å². The molecule has 0 aromatic heterocycles. The molecule has 0 fully saturated rings. The van der Waals surface area contributed by atoms with Crippen LogP contribution in [0.1, 0.15) is 0 Å². The lowest BCUT2D eigenvalue weighted by atomic mass is 10.3. The number of fused-ring (bicyclic) bond motifs is 1. The molecule has 7 heteroatoms. The average Bonchev–Trinajstić information content (AvgIpc) is 2.61. The number of nitrogens with zero attached hydrogens (tertiary/aromatic N) is 2.